The van der Waals surface area contributed by atoms with Crippen LogP contribution in [0.15, 0.2) is 12.1 Å². The van der Waals surface area contributed by atoms with Crippen LogP contribution in [-0.4, -0.2) is 24.9 Å². The predicted molar refractivity (Wildman–Crippen MR) is 58.9 cm³/mol. The van der Waals surface area contributed by atoms with Crippen molar-refractivity contribution >= 4 is 34.8 Å². The van der Waals surface area contributed by atoms with Gasteiger partial charge in [-0.2, -0.15) is 0 Å². The first-order chi connectivity index (χ1) is 6.43. The number of carbonyl (C=O) groups is 1. The summed E-state index contributed by atoms with van der Waals surface area (Å²) < 4.78 is 0. The zero-order chi connectivity index (χ0) is 10.9. The van der Waals surface area contributed by atoms with Crippen LogP contribution in [-0.2, 0) is 0 Å². The van der Waals surface area contributed by atoms with Crippen LogP contribution in [0.5, 0.6) is 0 Å². The highest BCUT2D eigenvalue weighted by molar-refractivity contribution is 6.43. The number of nitrogen functional groups attached to an aromatic ring is 1. The lowest BCUT2D eigenvalue weighted by Crippen LogP contribution is -2.21. The van der Waals surface area contributed by atoms with Gasteiger partial charge in [-0.1, -0.05) is 23.2 Å². The molecule has 0 aliphatic heterocycles. The summed E-state index contributed by atoms with van der Waals surface area (Å²) in [5.74, 6) is -0.157. The van der Waals surface area contributed by atoms with Crippen molar-refractivity contribution in [3.63, 3.8) is 0 Å². The van der Waals surface area contributed by atoms with Crippen LogP contribution in [0, 0.1) is 0 Å². The predicted octanol–water partition coefficient (Wildman–Crippen LogP) is 2.28. The minimum absolute atomic E-state index is 0.157. The molecule has 2 N–H and O–H groups in total. The van der Waals surface area contributed by atoms with E-state index >= 15 is 0 Å². The Hall–Kier alpha value is -0.930. The molecule has 0 fully saturated rings. The highest BCUT2D eigenvalue weighted by Crippen LogP contribution is 2.29. The van der Waals surface area contributed by atoms with E-state index in [1.165, 1.54) is 17.0 Å². The molecule has 0 aliphatic carbocycles. The van der Waals surface area contributed by atoms with Crippen molar-refractivity contribution in [1.29, 1.82) is 0 Å². The number of halogens is 2. The van der Waals surface area contributed by atoms with Crippen LogP contribution in [0.3, 0.4) is 0 Å². The summed E-state index contributed by atoms with van der Waals surface area (Å²) >= 11 is 11.5. The molecule has 0 aromatic heterocycles. The molecule has 1 rings (SSSR count). The molecule has 1 aromatic rings. The monoisotopic (exact) mass is 232 g/mol. The van der Waals surface area contributed by atoms with Crippen molar-refractivity contribution in [2.75, 3.05) is 19.8 Å². The molecule has 0 radical (unpaired) electrons. The highest BCUT2D eigenvalue weighted by atomic mass is 35.5. The average molecular weight is 233 g/mol. The fourth-order valence-electron chi connectivity index (χ4n) is 0.992. The van der Waals surface area contributed by atoms with Crippen molar-refractivity contribution in [3.8, 4) is 0 Å². The topological polar surface area (TPSA) is 46.3 Å². The molecule has 0 unspecified atom stereocenters. The summed E-state index contributed by atoms with van der Waals surface area (Å²) in [7, 11) is 3.31. The molecule has 0 bridgehead atoms. The van der Waals surface area contributed by atoms with Crippen LogP contribution in [0.1, 0.15) is 10.4 Å². The summed E-state index contributed by atoms with van der Waals surface area (Å²) in [5, 5.41) is 0.568. The SMILES string of the molecule is CN(C)C(=O)c1cc(N)c(Cl)c(Cl)c1. The second-order valence-corrected chi connectivity index (χ2v) is 3.85. The van der Waals surface area contributed by atoms with E-state index in [1.54, 1.807) is 14.1 Å². The number of nitrogens with two attached hydrogens (primary N) is 1. The molecular formula is C9H10Cl2N2O. The van der Waals surface area contributed by atoms with Gasteiger partial charge in [-0.3, -0.25) is 4.79 Å². The summed E-state index contributed by atoms with van der Waals surface area (Å²) in [4.78, 5) is 13.0. The summed E-state index contributed by atoms with van der Waals surface area (Å²) in [6.45, 7) is 0. The van der Waals surface area contributed by atoms with Gasteiger partial charge in [0.25, 0.3) is 5.91 Å². The fraction of sp³-hybridized carbons (Fsp3) is 0.222. The van der Waals surface area contributed by atoms with E-state index in [2.05, 4.69) is 0 Å². The average Bonchev–Trinajstić information content (AvgIpc) is 2.12. The first kappa shape index (κ1) is 11.1. The van der Waals surface area contributed by atoms with Crippen molar-refractivity contribution in [2.24, 2.45) is 0 Å². The van der Waals surface area contributed by atoms with E-state index in [0.717, 1.165) is 0 Å². The first-order valence-corrected chi connectivity index (χ1v) is 4.65. The zero-order valence-corrected chi connectivity index (χ0v) is 9.36. The Labute approximate surface area is 92.4 Å². The normalized spacial score (nSPS) is 10.0. The van der Waals surface area contributed by atoms with E-state index in [-0.39, 0.29) is 16.0 Å². The third-order valence-electron chi connectivity index (χ3n) is 1.71. The van der Waals surface area contributed by atoms with Crippen molar-refractivity contribution < 1.29 is 4.79 Å². The third kappa shape index (κ3) is 2.11. The fourth-order valence-corrected chi connectivity index (χ4v) is 1.33. The summed E-state index contributed by atoms with van der Waals surface area (Å²) in [6.07, 6.45) is 0. The lowest BCUT2D eigenvalue weighted by atomic mass is 10.2. The van der Waals surface area contributed by atoms with Crippen molar-refractivity contribution in [1.82, 2.24) is 4.90 Å². The Morgan fingerprint density at radius 1 is 1.36 bits per heavy atom. The summed E-state index contributed by atoms with van der Waals surface area (Å²) in [5.41, 5.74) is 6.31. The number of amides is 1. The number of carbonyl (C=O) groups excluding carboxylic acids is 1. The third-order valence-corrected chi connectivity index (χ3v) is 2.53. The minimum Gasteiger partial charge on any atom is -0.397 e. The number of nitrogens with zero attached hydrogens (tertiary/aromatic N) is 1. The standard InChI is InChI=1S/C9H10Cl2N2O/c1-13(2)9(14)5-3-6(10)8(11)7(12)4-5/h3-4H,12H2,1-2H3. The molecule has 0 spiro atoms. The molecule has 0 atom stereocenters. The maximum atomic E-state index is 11.5. The van der Waals surface area contributed by atoms with Crippen LogP contribution >= 0.6 is 23.2 Å². The molecule has 0 aliphatic rings. The molecule has 0 saturated carbocycles. The maximum Gasteiger partial charge on any atom is 0.253 e. The molecule has 5 heteroatoms. The summed E-state index contributed by atoms with van der Waals surface area (Å²) in [6, 6.07) is 3.01. The molecule has 1 amide bonds. The molecule has 14 heavy (non-hydrogen) atoms. The maximum absolute atomic E-state index is 11.5. The Morgan fingerprint density at radius 3 is 2.36 bits per heavy atom. The number of hydrogen-bond donors (Lipinski definition) is 1. The number of rotatable bonds is 1. The number of anilines is 1. The minimum atomic E-state index is -0.157. The highest BCUT2D eigenvalue weighted by Gasteiger charge is 2.12. The number of hydrogen-bond acceptors (Lipinski definition) is 2. The van der Waals surface area contributed by atoms with E-state index in [1.807, 2.05) is 0 Å². The van der Waals surface area contributed by atoms with Crippen molar-refractivity contribution in [3.05, 3.63) is 27.7 Å². The Balaban J connectivity index is 3.19. The van der Waals surface area contributed by atoms with Gasteiger partial charge in [0, 0.05) is 19.7 Å². The van der Waals surface area contributed by atoms with Gasteiger partial charge in [0.15, 0.2) is 0 Å². The van der Waals surface area contributed by atoms with Gasteiger partial charge >= 0.3 is 0 Å². The van der Waals surface area contributed by atoms with Gasteiger partial charge in [0.2, 0.25) is 0 Å². The van der Waals surface area contributed by atoms with E-state index in [9.17, 15) is 4.79 Å². The Bertz CT molecular complexity index is 354. The number of benzene rings is 1. The van der Waals surface area contributed by atoms with Gasteiger partial charge in [0.1, 0.15) is 0 Å². The molecule has 0 saturated heterocycles. The van der Waals surface area contributed by atoms with Gasteiger partial charge < -0.3 is 10.6 Å². The molecule has 76 valence electrons. The largest absolute Gasteiger partial charge is 0.397 e. The van der Waals surface area contributed by atoms with Crippen LogP contribution in [0.2, 0.25) is 10.0 Å². The van der Waals surface area contributed by atoms with Gasteiger partial charge in [-0.15, -0.1) is 0 Å². The zero-order valence-electron chi connectivity index (χ0n) is 7.84. The van der Waals surface area contributed by atoms with Crippen LogP contribution in [0.25, 0.3) is 0 Å². The van der Waals surface area contributed by atoms with E-state index in [4.69, 9.17) is 28.9 Å². The van der Waals surface area contributed by atoms with Gasteiger partial charge in [-0.05, 0) is 12.1 Å². The van der Waals surface area contributed by atoms with Crippen LogP contribution in [0.4, 0.5) is 5.69 Å². The second kappa shape index (κ2) is 4.07. The van der Waals surface area contributed by atoms with Crippen molar-refractivity contribution in [2.45, 2.75) is 0 Å². The molecule has 0 heterocycles. The molecular weight excluding hydrogens is 223 g/mol. The smallest absolute Gasteiger partial charge is 0.253 e. The van der Waals surface area contributed by atoms with Crippen LogP contribution < -0.4 is 5.73 Å². The first-order valence-electron chi connectivity index (χ1n) is 3.89. The van der Waals surface area contributed by atoms with E-state index in [0.29, 0.717) is 11.3 Å². The lowest BCUT2D eigenvalue weighted by molar-refractivity contribution is 0.0827. The lowest BCUT2D eigenvalue weighted by Gasteiger charge is -2.11. The Morgan fingerprint density at radius 2 is 1.93 bits per heavy atom. The molecule has 1 aromatic carbocycles. The molecule has 3 nitrogen and oxygen atoms in total. The van der Waals surface area contributed by atoms with E-state index < -0.39 is 0 Å². The van der Waals surface area contributed by atoms with Gasteiger partial charge in [-0.25, -0.2) is 0 Å². The quantitative estimate of drug-likeness (QED) is 0.756. The Kier molecular flexibility index (Phi) is 3.24. The second-order valence-electron chi connectivity index (χ2n) is 3.06. The van der Waals surface area contributed by atoms with Gasteiger partial charge in [0.05, 0.1) is 15.7 Å².